The van der Waals surface area contributed by atoms with E-state index in [-0.39, 0.29) is 29.5 Å². The monoisotopic (exact) mass is 423 g/mol. The number of hydrogen-bond acceptors (Lipinski definition) is 6. The van der Waals surface area contributed by atoms with Crippen molar-refractivity contribution in [2.45, 2.75) is 26.3 Å². The molecule has 0 amide bonds. The van der Waals surface area contributed by atoms with Gasteiger partial charge in [-0.25, -0.2) is 9.37 Å². The molecule has 0 aliphatic heterocycles. The minimum atomic E-state index is -0.629. The van der Waals surface area contributed by atoms with E-state index in [1.54, 1.807) is 35.0 Å². The molecule has 0 saturated heterocycles. The standard InChI is InChI=1S/C22H19F2N5O2/c1-22(7-8-22)13-30-21-16(24)11-25-20(26-21)18-10-19(17-6-9-31-28-17)29(27-18)12-14-4-2-3-5-15(14)23/h2-6,9-11H,7-8,12-13H2,1H3. The van der Waals surface area contributed by atoms with Gasteiger partial charge in [-0.1, -0.05) is 30.3 Å². The third-order valence-electron chi connectivity index (χ3n) is 5.36. The molecule has 5 rings (SSSR count). The summed E-state index contributed by atoms with van der Waals surface area (Å²) < 4.78 is 40.5. The van der Waals surface area contributed by atoms with Crippen LogP contribution in [0, 0.1) is 17.0 Å². The second-order valence-electron chi connectivity index (χ2n) is 7.99. The van der Waals surface area contributed by atoms with E-state index in [1.165, 1.54) is 12.3 Å². The summed E-state index contributed by atoms with van der Waals surface area (Å²) in [4.78, 5) is 8.30. The van der Waals surface area contributed by atoms with Crippen LogP contribution in [0.5, 0.6) is 5.88 Å². The van der Waals surface area contributed by atoms with Gasteiger partial charge in [0, 0.05) is 17.0 Å². The summed E-state index contributed by atoms with van der Waals surface area (Å²) in [5, 5.41) is 8.49. The predicted molar refractivity (Wildman–Crippen MR) is 107 cm³/mol. The molecule has 0 atom stereocenters. The van der Waals surface area contributed by atoms with Gasteiger partial charge in [-0.15, -0.1) is 0 Å². The number of aromatic nitrogens is 5. The number of benzene rings is 1. The van der Waals surface area contributed by atoms with Crippen LogP contribution in [0.25, 0.3) is 22.9 Å². The van der Waals surface area contributed by atoms with E-state index in [4.69, 9.17) is 9.26 Å². The highest BCUT2D eigenvalue weighted by molar-refractivity contribution is 5.62. The summed E-state index contributed by atoms with van der Waals surface area (Å²) >= 11 is 0. The number of halogens is 2. The highest BCUT2D eigenvalue weighted by atomic mass is 19.1. The number of ether oxygens (including phenoxy) is 1. The van der Waals surface area contributed by atoms with Crippen molar-refractivity contribution in [3.05, 3.63) is 66.1 Å². The lowest BCUT2D eigenvalue weighted by molar-refractivity contribution is 0.227. The zero-order valence-corrected chi connectivity index (χ0v) is 16.8. The van der Waals surface area contributed by atoms with Crippen molar-refractivity contribution in [2.24, 2.45) is 5.41 Å². The summed E-state index contributed by atoms with van der Waals surface area (Å²) in [6.45, 7) is 2.64. The predicted octanol–water partition coefficient (Wildman–Crippen LogP) is 4.50. The highest BCUT2D eigenvalue weighted by Gasteiger charge is 2.38. The van der Waals surface area contributed by atoms with Crippen LogP contribution in [0.2, 0.25) is 0 Å². The average Bonchev–Trinajstić information content (AvgIpc) is 3.15. The maximum atomic E-state index is 14.2. The Balaban J connectivity index is 1.50. The summed E-state index contributed by atoms with van der Waals surface area (Å²) in [5.41, 5.74) is 2.04. The lowest BCUT2D eigenvalue weighted by atomic mass is 10.2. The van der Waals surface area contributed by atoms with Gasteiger partial charge in [-0.2, -0.15) is 14.5 Å². The van der Waals surface area contributed by atoms with Gasteiger partial charge in [0.1, 0.15) is 23.5 Å². The third kappa shape index (κ3) is 4.03. The van der Waals surface area contributed by atoms with E-state index in [0.29, 0.717) is 29.3 Å². The van der Waals surface area contributed by atoms with E-state index < -0.39 is 5.82 Å². The molecule has 31 heavy (non-hydrogen) atoms. The van der Waals surface area contributed by atoms with Gasteiger partial charge in [-0.3, -0.25) is 4.68 Å². The van der Waals surface area contributed by atoms with Crippen LogP contribution in [0.3, 0.4) is 0 Å². The lowest BCUT2D eigenvalue weighted by Gasteiger charge is -2.10. The zero-order valence-electron chi connectivity index (χ0n) is 16.8. The van der Waals surface area contributed by atoms with Gasteiger partial charge >= 0.3 is 0 Å². The summed E-state index contributed by atoms with van der Waals surface area (Å²) in [6, 6.07) is 9.84. The molecule has 1 fully saturated rings. The molecule has 0 N–H and O–H groups in total. The van der Waals surface area contributed by atoms with Crippen molar-refractivity contribution in [2.75, 3.05) is 6.61 Å². The molecule has 0 spiro atoms. The quantitative estimate of drug-likeness (QED) is 0.436. The Bertz CT molecular complexity index is 1220. The van der Waals surface area contributed by atoms with Crippen LogP contribution in [-0.4, -0.2) is 31.5 Å². The molecule has 3 heterocycles. The van der Waals surface area contributed by atoms with Crippen LogP contribution in [0.15, 0.2) is 53.4 Å². The summed E-state index contributed by atoms with van der Waals surface area (Å²) in [7, 11) is 0. The molecule has 1 aliphatic rings. The molecule has 3 aromatic heterocycles. The van der Waals surface area contributed by atoms with Gasteiger partial charge in [0.15, 0.2) is 5.82 Å². The van der Waals surface area contributed by atoms with Crippen molar-refractivity contribution in [3.8, 4) is 28.8 Å². The molecule has 1 saturated carbocycles. The largest absolute Gasteiger partial charge is 0.475 e. The Morgan fingerprint density at radius 3 is 2.71 bits per heavy atom. The second kappa shape index (κ2) is 7.57. The van der Waals surface area contributed by atoms with E-state index in [1.807, 2.05) is 0 Å². The molecular weight excluding hydrogens is 404 g/mol. The van der Waals surface area contributed by atoms with Gasteiger partial charge < -0.3 is 9.26 Å². The third-order valence-corrected chi connectivity index (χ3v) is 5.36. The van der Waals surface area contributed by atoms with Crippen molar-refractivity contribution < 1.29 is 18.0 Å². The lowest BCUT2D eigenvalue weighted by Crippen LogP contribution is -2.11. The molecule has 4 aromatic rings. The fourth-order valence-electron chi connectivity index (χ4n) is 3.16. The van der Waals surface area contributed by atoms with E-state index >= 15 is 0 Å². The number of rotatable bonds is 7. The fourth-order valence-corrected chi connectivity index (χ4v) is 3.16. The zero-order chi connectivity index (χ0) is 21.4. The van der Waals surface area contributed by atoms with Gasteiger partial charge in [0.25, 0.3) is 5.88 Å². The second-order valence-corrected chi connectivity index (χ2v) is 7.99. The molecule has 7 nitrogen and oxygen atoms in total. The van der Waals surface area contributed by atoms with Crippen molar-refractivity contribution >= 4 is 0 Å². The topological polar surface area (TPSA) is 78.9 Å². The Morgan fingerprint density at radius 1 is 1.13 bits per heavy atom. The maximum absolute atomic E-state index is 14.2. The van der Waals surface area contributed by atoms with Gasteiger partial charge in [-0.05, 0) is 25.0 Å². The van der Waals surface area contributed by atoms with Gasteiger partial charge in [0.2, 0.25) is 5.82 Å². The normalized spacial score (nSPS) is 14.5. The van der Waals surface area contributed by atoms with Gasteiger partial charge in [0.05, 0.1) is 25.0 Å². The van der Waals surface area contributed by atoms with E-state index in [2.05, 4.69) is 27.1 Å². The van der Waals surface area contributed by atoms with Crippen LogP contribution in [0.4, 0.5) is 8.78 Å². The van der Waals surface area contributed by atoms with Crippen molar-refractivity contribution in [1.29, 1.82) is 0 Å². The Morgan fingerprint density at radius 2 is 1.97 bits per heavy atom. The van der Waals surface area contributed by atoms with Crippen LogP contribution >= 0.6 is 0 Å². The van der Waals surface area contributed by atoms with Crippen molar-refractivity contribution in [1.82, 2.24) is 24.9 Å². The molecule has 158 valence electrons. The smallest absolute Gasteiger partial charge is 0.254 e. The number of hydrogen-bond donors (Lipinski definition) is 0. The minimum absolute atomic E-state index is 0.0824. The first-order chi connectivity index (χ1) is 15.0. The van der Waals surface area contributed by atoms with Crippen LogP contribution in [0.1, 0.15) is 25.3 Å². The fraction of sp³-hybridized carbons (Fsp3) is 0.273. The first-order valence-corrected chi connectivity index (χ1v) is 9.88. The summed E-state index contributed by atoms with van der Waals surface area (Å²) in [5.74, 6) is -0.873. The minimum Gasteiger partial charge on any atom is -0.475 e. The molecule has 1 aliphatic carbocycles. The molecule has 0 unspecified atom stereocenters. The van der Waals surface area contributed by atoms with Crippen LogP contribution < -0.4 is 4.74 Å². The highest BCUT2D eigenvalue weighted by Crippen LogP contribution is 2.45. The maximum Gasteiger partial charge on any atom is 0.254 e. The molecule has 1 aromatic carbocycles. The Labute approximate surface area is 176 Å². The summed E-state index contributed by atoms with van der Waals surface area (Å²) in [6.07, 6.45) is 4.61. The molecule has 0 bridgehead atoms. The van der Waals surface area contributed by atoms with E-state index in [0.717, 1.165) is 19.0 Å². The first-order valence-electron chi connectivity index (χ1n) is 9.88. The Kier molecular flexibility index (Phi) is 4.72. The molecule has 0 radical (unpaired) electrons. The molecular formula is C22H19F2N5O2. The Hall–Kier alpha value is -3.62. The van der Waals surface area contributed by atoms with E-state index in [9.17, 15) is 8.78 Å². The average molecular weight is 423 g/mol. The molecule has 9 heteroatoms. The number of nitrogens with zero attached hydrogens (tertiary/aromatic N) is 5. The van der Waals surface area contributed by atoms with Crippen LogP contribution in [-0.2, 0) is 6.54 Å². The van der Waals surface area contributed by atoms with Crippen molar-refractivity contribution in [3.63, 3.8) is 0 Å². The SMILES string of the molecule is CC1(COc2nc(-c3cc(-c4ccon4)n(Cc4ccccc4F)n3)ncc2F)CC1. The first kappa shape index (κ1) is 19.3.